The van der Waals surface area contributed by atoms with Gasteiger partial charge in [-0.3, -0.25) is 9.59 Å². The van der Waals surface area contributed by atoms with Crippen molar-refractivity contribution in [2.45, 2.75) is 19.3 Å². The Labute approximate surface area is 106 Å². The SMILES string of the molecule is O=C1CCC2C1[C@@H]2C(=O)OCCc1ccccc1. The predicted octanol–water partition coefficient (Wildman–Crippen LogP) is 2.00. The fourth-order valence-corrected chi connectivity index (χ4v) is 2.98. The van der Waals surface area contributed by atoms with E-state index in [9.17, 15) is 9.59 Å². The summed E-state index contributed by atoms with van der Waals surface area (Å²) in [5, 5.41) is 0. The molecule has 1 aromatic rings. The zero-order valence-electron chi connectivity index (χ0n) is 10.2. The van der Waals surface area contributed by atoms with Gasteiger partial charge in [0.1, 0.15) is 5.78 Å². The first-order chi connectivity index (χ1) is 8.77. The van der Waals surface area contributed by atoms with Gasteiger partial charge in [-0.2, -0.15) is 0 Å². The minimum absolute atomic E-state index is 0.00535. The van der Waals surface area contributed by atoms with Crippen LogP contribution in [0.1, 0.15) is 18.4 Å². The summed E-state index contributed by atoms with van der Waals surface area (Å²) in [6.45, 7) is 0.410. The molecule has 1 aromatic carbocycles. The van der Waals surface area contributed by atoms with Gasteiger partial charge in [-0.25, -0.2) is 0 Å². The van der Waals surface area contributed by atoms with Crippen molar-refractivity contribution >= 4 is 11.8 Å². The highest BCUT2D eigenvalue weighted by atomic mass is 16.5. The number of hydrogen-bond donors (Lipinski definition) is 0. The number of ketones is 1. The van der Waals surface area contributed by atoms with Gasteiger partial charge < -0.3 is 4.74 Å². The van der Waals surface area contributed by atoms with Crippen LogP contribution in [-0.2, 0) is 20.7 Å². The van der Waals surface area contributed by atoms with Gasteiger partial charge in [0.05, 0.1) is 12.5 Å². The van der Waals surface area contributed by atoms with E-state index >= 15 is 0 Å². The first kappa shape index (κ1) is 11.5. The lowest BCUT2D eigenvalue weighted by Crippen LogP contribution is -2.14. The van der Waals surface area contributed by atoms with Crippen LogP contribution in [0.5, 0.6) is 0 Å². The molecule has 18 heavy (non-hydrogen) atoms. The zero-order valence-corrected chi connectivity index (χ0v) is 10.2. The van der Waals surface area contributed by atoms with E-state index in [0.717, 1.165) is 18.4 Å². The van der Waals surface area contributed by atoms with E-state index in [-0.39, 0.29) is 23.6 Å². The van der Waals surface area contributed by atoms with Gasteiger partial charge in [-0.15, -0.1) is 0 Å². The number of hydrogen-bond acceptors (Lipinski definition) is 3. The minimum Gasteiger partial charge on any atom is -0.465 e. The molecule has 0 spiro atoms. The van der Waals surface area contributed by atoms with Crippen molar-refractivity contribution in [1.29, 1.82) is 0 Å². The molecule has 2 unspecified atom stereocenters. The van der Waals surface area contributed by atoms with E-state index in [2.05, 4.69) is 0 Å². The number of benzene rings is 1. The molecule has 3 nitrogen and oxygen atoms in total. The van der Waals surface area contributed by atoms with Crippen LogP contribution in [-0.4, -0.2) is 18.4 Å². The van der Waals surface area contributed by atoms with Crippen LogP contribution in [0.25, 0.3) is 0 Å². The molecule has 2 saturated carbocycles. The third kappa shape index (κ3) is 2.05. The second-order valence-electron chi connectivity index (χ2n) is 5.12. The second-order valence-corrected chi connectivity index (χ2v) is 5.12. The number of carbonyl (C=O) groups is 2. The van der Waals surface area contributed by atoms with Crippen LogP contribution in [0.3, 0.4) is 0 Å². The fraction of sp³-hybridized carbons (Fsp3) is 0.467. The molecule has 0 bridgehead atoms. The second kappa shape index (κ2) is 4.56. The minimum atomic E-state index is -0.172. The quantitative estimate of drug-likeness (QED) is 0.761. The third-order valence-electron chi connectivity index (χ3n) is 4.01. The first-order valence-electron chi connectivity index (χ1n) is 6.50. The molecular weight excluding hydrogens is 228 g/mol. The molecule has 0 aliphatic heterocycles. The normalized spacial score (nSPS) is 28.9. The summed E-state index contributed by atoms with van der Waals surface area (Å²) in [5.74, 6) is 0.247. The maximum atomic E-state index is 11.8. The Morgan fingerprint density at radius 2 is 2.06 bits per heavy atom. The van der Waals surface area contributed by atoms with Crippen molar-refractivity contribution in [3.8, 4) is 0 Å². The van der Waals surface area contributed by atoms with Gasteiger partial charge in [0.15, 0.2) is 0 Å². The fourth-order valence-electron chi connectivity index (χ4n) is 2.98. The van der Waals surface area contributed by atoms with E-state index in [1.165, 1.54) is 0 Å². The highest BCUT2D eigenvalue weighted by Crippen LogP contribution is 2.55. The molecule has 3 heteroatoms. The summed E-state index contributed by atoms with van der Waals surface area (Å²) >= 11 is 0. The molecule has 94 valence electrons. The maximum Gasteiger partial charge on any atom is 0.309 e. The van der Waals surface area contributed by atoms with E-state index in [1.54, 1.807) is 0 Å². The molecule has 0 aromatic heterocycles. The predicted molar refractivity (Wildman–Crippen MR) is 65.8 cm³/mol. The van der Waals surface area contributed by atoms with Gasteiger partial charge in [0.2, 0.25) is 0 Å². The van der Waals surface area contributed by atoms with E-state index in [1.807, 2.05) is 30.3 Å². The molecule has 2 aliphatic carbocycles. The molecule has 0 radical (unpaired) electrons. The van der Waals surface area contributed by atoms with Crippen LogP contribution in [0.2, 0.25) is 0 Å². The number of esters is 1. The van der Waals surface area contributed by atoms with Crippen molar-refractivity contribution in [1.82, 2.24) is 0 Å². The van der Waals surface area contributed by atoms with Crippen LogP contribution < -0.4 is 0 Å². The summed E-state index contributed by atoms with van der Waals surface area (Å²) in [4.78, 5) is 23.2. The summed E-state index contributed by atoms with van der Waals surface area (Å²) in [6.07, 6.45) is 2.27. The standard InChI is InChI=1S/C15H16O3/c16-12-7-6-11-13(12)14(11)15(17)18-9-8-10-4-2-1-3-5-10/h1-5,11,13-14H,6-9H2/t11?,13?,14-/m1/s1. The molecule has 0 amide bonds. The zero-order chi connectivity index (χ0) is 12.5. The van der Waals surface area contributed by atoms with E-state index in [0.29, 0.717) is 18.9 Å². The number of Topliss-reactive ketones (excluding diaryl/α,β-unsaturated/α-hetero) is 1. The highest BCUT2D eigenvalue weighted by molar-refractivity contribution is 5.94. The summed E-state index contributed by atoms with van der Waals surface area (Å²) in [7, 11) is 0. The lowest BCUT2D eigenvalue weighted by Gasteiger charge is -2.05. The number of ether oxygens (including phenoxy) is 1. The summed E-state index contributed by atoms with van der Waals surface area (Å²) in [5.41, 5.74) is 1.16. The van der Waals surface area contributed by atoms with Gasteiger partial charge in [-0.1, -0.05) is 30.3 Å². The molecule has 2 aliphatic rings. The molecule has 0 N–H and O–H groups in total. The lowest BCUT2D eigenvalue weighted by molar-refractivity contribution is -0.146. The summed E-state index contributed by atoms with van der Waals surface area (Å²) < 4.78 is 5.26. The molecular formula is C15H16O3. The first-order valence-corrected chi connectivity index (χ1v) is 6.50. The van der Waals surface area contributed by atoms with E-state index < -0.39 is 0 Å². The Hall–Kier alpha value is -1.64. The number of fused-ring (bicyclic) bond motifs is 1. The number of carbonyl (C=O) groups excluding carboxylic acids is 2. The van der Waals surface area contributed by atoms with Gasteiger partial charge in [-0.05, 0) is 17.9 Å². The van der Waals surface area contributed by atoms with Crippen LogP contribution in [0, 0.1) is 17.8 Å². The monoisotopic (exact) mass is 244 g/mol. The largest absolute Gasteiger partial charge is 0.465 e. The third-order valence-corrected chi connectivity index (χ3v) is 4.01. The van der Waals surface area contributed by atoms with Gasteiger partial charge in [0.25, 0.3) is 0 Å². The van der Waals surface area contributed by atoms with Crippen molar-refractivity contribution in [3.63, 3.8) is 0 Å². The van der Waals surface area contributed by atoms with Crippen LogP contribution in [0.4, 0.5) is 0 Å². The lowest BCUT2D eigenvalue weighted by atomic mass is 10.1. The Morgan fingerprint density at radius 1 is 1.28 bits per heavy atom. The van der Waals surface area contributed by atoms with Crippen LogP contribution >= 0.6 is 0 Å². The topological polar surface area (TPSA) is 43.4 Å². The smallest absolute Gasteiger partial charge is 0.309 e. The molecule has 3 rings (SSSR count). The Morgan fingerprint density at radius 3 is 2.72 bits per heavy atom. The van der Waals surface area contributed by atoms with Crippen molar-refractivity contribution in [2.24, 2.45) is 17.8 Å². The van der Waals surface area contributed by atoms with Crippen LogP contribution in [0.15, 0.2) is 30.3 Å². The Bertz CT molecular complexity index is 466. The van der Waals surface area contributed by atoms with Gasteiger partial charge in [0, 0.05) is 18.8 Å². The maximum absolute atomic E-state index is 11.8. The average molecular weight is 244 g/mol. The van der Waals surface area contributed by atoms with Crippen molar-refractivity contribution in [2.75, 3.05) is 6.61 Å². The molecule has 2 fully saturated rings. The molecule has 0 heterocycles. The van der Waals surface area contributed by atoms with Crippen molar-refractivity contribution < 1.29 is 14.3 Å². The summed E-state index contributed by atoms with van der Waals surface area (Å²) in [6, 6.07) is 9.95. The Kier molecular flexibility index (Phi) is 2.90. The average Bonchev–Trinajstić information content (AvgIpc) is 3.01. The van der Waals surface area contributed by atoms with E-state index in [4.69, 9.17) is 4.74 Å². The molecule has 3 atom stereocenters. The Balaban J connectivity index is 1.45. The molecule has 0 saturated heterocycles. The number of rotatable bonds is 4. The van der Waals surface area contributed by atoms with Crippen molar-refractivity contribution in [3.05, 3.63) is 35.9 Å². The van der Waals surface area contributed by atoms with Gasteiger partial charge >= 0.3 is 5.97 Å². The highest BCUT2D eigenvalue weighted by Gasteiger charge is 2.62.